The van der Waals surface area contributed by atoms with E-state index in [2.05, 4.69) is 10.5 Å². The van der Waals surface area contributed by atoms with Crippen molar-refractivity contribution in [3.8, 4) is 0 Å². The van der Waals surface area contributed by atoms with Crippen LogP contribution in [0.4, 0.5) is 4.79 Å². The third kappa shape index (κ3) is 7.33. The highest BCUT2D eigenvalue weighted by Crippen LogP contribution is 2.19. The van der Waals surface area contributed by atoms with Crippen molar-refractivity contribution in [2.45, 2.75) is 37.3 Å². The fraction of sp³-hybridized carbons (Fsp3) is 0.364. The van der Waals surface area contributed by atoms with E-state index in [1.165, 1.54) is 34.8 Å². The van der Waals surface area contributed by atoms with Gasteiger partial charge in [0.15, 0.2) is 0 Å². The maximum Gasteiger partial charge on any atom is 0.404 e. The molecular weight excluding hydrogens is 434 g/mol. The van der Waals surface area contributed by atoms with Crippen molar-refractivity contribution in [2.24, 2.45) is 11.1 Å². The number of aliphatic hydroxyl groups is 1. The number of sulfonamides is 1. The lowest BCUT2D eigenvalue weighted by atomic mass is 10.0. The molecule has 0 radical (unpaired) electrons. The topological polar surface area (TPSA) is 140 Å². The SMILES string of the molecule is CC(C)CN(C[C@@H](O)[C@H](Cc1ccccc1)NC(=O)O)S(=O)(=O)c1ccc(/C=N/O)cc1. The minimum absolute atomic E-state index is 0.0197. The summed E-state index contributed by atoms with van der Waals surface area (Å²) in [5.74, 6) is -0.0298. The van der Waals surface area contributed by atoms with Crippen molar-refractivity contribution in [1.82, 2.24) is 9.62 Å². The van der Waals surface area contributed by atoms with Gasteiger partial charge in [0.1, 0.15) is 0 Å². The highest BCUT2D eigenvalue weighted by atomic mass is 32.2. The molecule has 0 saturated carbocycles. The van der Waals surface area contributed by atoms with E-state index in [1.807, 2.05) is 32.0 Å². The van der Waals surface area contributed by atoms with Gasteiger partial charge < -0.3 is 20.7 Å². The Morgan fingerprint density at radius 2 is 1.72 bits per heavy atom. The maximum absolute atomic E-state index is 13.3. The summed E-state index contributed by atoms with van der Waals surface area (Å²) in [4.78, 5) is 11.3. The molecule has 0 spiro atoms. The van der Waals surface area contributed by atoms with E-state index >= 15 is 0 Å². The van der Waals surface area contributed by atoms with Crippen LogP contribution in [0.5, 0.6) is 0 Å². The number of oxime groups is 1. The van der Waals surface area contributed by atoms with Crippen LogP contribution in [0.25, 0.3) is 0 Å². The minimum Gasteiger partial charge on any atom is -0.465 e. The van der Waals surface area contributed by atoms with Crippen molar-refractivity contribution in [1.29, 1.82) is 0 Å². The number of nitrogens with zero attached hydrogens (tertiary/aromatic N) is 2. The molecule has 32 heavy (non-hydrogen) atoms. The van der Waals surface area contributed by atoms with Crippen molar-refractivity contribution in [3.05, 3.63) is 65.7 Å². The van der Waals surface area contributed by atoms with E-state index in [0.717, 1.165) is 5.56 Å². The van der Waals surface area contributed by atoms with E-state index in [4.69, 9.17) is 5.21 Å². The number of carboxylic acid groups (broad SMARTS) is 1. The van der Waals surface area contributed by atoms with Crippen molar-refractivity contribution < 1.29 is 28.6 Å². The van der Waals surface area contributed by atoms with E-state index in [-0.39, 0.29) is 30.3 Å². The van der Waals surface area contributed by atoms with Gasteiger partial charge in [-0.2, -0.15) is 4.31 Å². The standard InChI is InChI=1S/C22H29N3O6S/c1-16(2)14-25(32(30,31)19-10-8-18(9-11-19)13-23-29)15-21(26)20(24-22(27)28)12-17-6-4-3-5-7-17/h3-11,13,16,20-21,24,26,29H,12,14-15H2,1-2H3,(H,27,28)/b23-13+/t20-,21+/m0/s1. The molecule has 0 aliphatic rings. The van der Waals surface area contributed by atoms with Crippen LogP contribution in [0.15, 0.2) is 64.6 Å². The van der Waals surface area contributed by atoms with Crippen molar-refractivity contribution in [3.63, 3.8) is 0 Å². The fourth-order valence-electron chi connectivity index (χ4n) is 3.27. The summed E-state index contributed by atoms with van der Waals surface area (Å²) in [5, 5.41) is 33.9. The molecule has 2 rings (SSSR count). The highest BCUT2D eigenvalue weighted by Gasteiger charge is 2.31. The van der Waals surface area contributed by atoms with E-state index in [9.17, 15) is 23.4 Å². The highest BCUT2D eigenvalue weighted by molar-refractivity contribution is 7.89. The van der Waals surface area contributed by atoms with Crippen LogP contribution in [-0.4, -0.2) is 65.7 Å². The quantitative estimate of drug-likeness (QED) is 0.229. The minimum atomic E-state index is -3.97. The van der Waals surface area contributed by atoms with Gasteiger partial charge in [-0.25, -0.2) is 13.2 Å². The molecule has 0 bridgehead atoms. The summed E-state index contributed by atoms with van der Waals surface area (Å²) in [5.41, 5.74) is 1.33. The van der Waals surface area contributed by atoms with Crippen LogP contribution in [0.2, 0.25) is 0 Å². The molecule has 9 nitrogen and oxygen atoms in total. The smallest absolute Gasteiger partial charge is 0.404 e. The predicted molar refractivity (Wildman–Crippen MR) is 121 cm³/mol. The Morgan fingerprint density at radius 3 is 2.25 bits per heavy atom. The Kier molecular flexibility index (Phi) is 9.18. The lowest BCUT2D eigenvalue weighted by molar-refractivity contribution is 0.0980. The number of amides is 1. The van der Waals surface area contributed by atoms with Gasteiger partial charge in [-0.05, 0) is 35.6 Å². The second-order valence-electron chi connectivity index (χ2n) is 7.84. The molecule has 2 aromatic carbocycles. The first kappa shape index (κ1) is 25.3. The van der Waals surface area contributed by atoms with E-state index in [1.54, 1.807) is 12.1 Å². The molecule has 2 atom stereocenters. The Bertz CT molecular complexity index is 994. The second-order valence-corrected chi connectivity index (χ2v) is 9.78. The summed E-state index contributed by atoms with van der Waals surface area (Å²) in [6.45, 7) is 3.57. The zero-order valence-corrected chi connectivity index (χ0v) is 18.8. The third-order valence-electron chi connectivity index (χ3n) is 4.76. The number of benzene rings is 2. The fourth-order valence-corrected chi connectivity index (χ4v) is 4.89. The normalized spacial score (nSPS) is 14.0. The van der Waals surface area contributed by atoms with Crippen LogP contribution in [-0.2, 0) is 16.4 Å². The average molecular weight is 464 g/mol. The molecule has 0 heterocycles. The Labute approximate surface area is 188 Å². The van der Waals surface area contributed by atoms with Gasteiger partial charge in [-0.1, -0.05) is 61.5 Å². The molecule has 0 unspecified atom stereocenters. The molecule has 0 fully saturated rings. The third-order valence-corrected chi connectivity index (χ3v) is 6.60. The molecule has 0 aromatic heterocycles. The lowest BCUT2D eigenvalue weighted by Gasteiger charge is -2.30. The number of hydrogen-bond acceptors (Lipinski definition) is 6. The summed E-state index contributed by atoms with van der Waals surface area (Å²) in [7, 11) is -3.97. The van der Waals surface area contributed by atoms with Crippen LogP contribution >= 0.6 is 0 Å². The van der Waals surface area contributed by atoms with Crippen LogP contribution in [0, 0.1) is 5.92 Å². The molecule has 2 aromatic rings. The van der Waals surface area contributed by atoms with Crippen LogP contribution in [0.3, 0.4) is 0 Å². The van der Waals surface area contributed by atoms with Crippen molar-refractivity contribution in [2.75, 3.05) is 13.1 Å². The van der Waals surface area contributed by atoms with Crippen LogP contribution in [0.1, 0.15) is 25.0 Å². The van der Waals surface area contributed by atoms with Gasteiger partial charge >= 0.3 is 6.09 Å². The number of aliphatic hydroxyl groups excluding tert-OH is 1. The first-order chi connectivity index (χ1) is 15.1. The number of hydrogen-bond donors (Lipinski definition) is 4. The predicted octanol–water partition coefficient (Wildman–Crippen LogP) is 2.38. The zero-order chi connectivity index (χ0) is 23.7. The molecule has 1 amide bonds. The number of nitrogens with one attached hydrogen (secondary N) is 1. The zero-order valence-electron chi connectivity index (χ0n) is 18.0. The molecule has 4 N–H and O–H groups in total. The second kappa shape index (κ2) is 11.6. The monoisotopic (exact) mass is 463 g/mol. The largest absolute Gasteiger partial charge is 0.465 e. The van der Waals surface area contributed by atoms with Gasteiger partial charge in [-0.3, -0.25) is 0 Å². The average Bonchev–Trinajstić information content (AvgIpc) is 2.73. The molecule has 0 aliphatic heterocycles. The lowest BCUT2D eigenvalue weighted by Crippen LogP contribution is -2.50. The molecule has 10 heteroatoms. The maximum atomic E-state index is 13.3. The van der Waals surface area contributed by atoms with Crippen LogP contribution < -0.4 is 5.32 Å². The van der Waals surface area contributed by atoms with E-state index < -0.39 is 28.3 Å². The Balaban J connectivity index is 2.28. The number of carbonyl (C=O) groups is 1. The van der Waals surface area contributed by atoms with Gasteiger partial charge in [0.25, 0.3) is 0 Å². The van der Waals surface area contributed by atoms with Gasteiger partial charge in [-0.15, -0.1) is 0 Å². The molecular formula is C22H29N3O6S. The number of rotatable bonds is 11. The summed E-state index contributed by atoms with van der Waals surface area (Å²) >= 11 is 0. The Hall–Kier alpha value is -2.95. The summed E-state index contributed by atoms with van der Waals surface area (Å²) < 4.78 is 27.7. The first-order valence-electron chi connectivity index (χ1n) is 10.1. The summed E-state index contributed by atoms with van der Waals surface area (Å²) in [6.07, 6.45) is -1.19. The Morgan fingerprint density at radius 1 is 1.09 bits per heavy atom. The van der Waals surface area contributed by atoms with E-state index in [0.29, 0.717) is 5.56 Å². The molecule has 174 valence electrons. The first-order valence-corrected chi connectivity index (χ1v) is 11.6. The summed E-state index contributed by atoms with van der Waals surface area (Å²) in [6, 6.07) is 13.9. The van der Waals surface area contributed by atoms with Crippen molar-refractivity contribution >= 4 is 22.3 Å². The van der Waals surface area contributed by atoms with Gasteiger partial charge in [0.2, 0.25) is 10.0 Å². The molecule has 0 aliphatic carbocycles. The molecule has 0 saturated heterocycles. The van der Waals surface area contributed by atoms with Gasteiger partial charge in [0.05, 0.1) is 23.3 Å². The van der Waals surface area contributed by atoms with Gasteiger partial charge in [0, 0.05) is 13.1 Å².